The third-order valence-electron chi connectivity index (χ3n) is 5.46. The van der Waals surface area contributed by atoms with Gasteiger partial charge in [-0.05, 0) is 36.8 Å². The van der Waals surface area contributed by atoms with E-state index in [1.807, 2.05) is 12.1 Å². The molecule has 2 aromatic carbocycles. The molecule has 4 aromatic rings. The number of fused-ring (bicyclic) bond motifs is 1. The Bertz CT molecular complexity index is 1370. The van der Waals surface area contributed by atoms with Crippen LogP contribution in [-0.4, -0.2) is 37.0 Å². The summed E-state index contributed by atoms with van der Waals surface area (Å²) in [5, 5.41) is 0.568. The fraction of sp³-hybridized carbons (Fsp3) is 0.200. The highest BCUT2D eigenvalue weighted by Gasteiger charge is 2.24. The van der Waals surface area contributed by atoms with E-state index in [1.165, 1.54) is 24.1 Å². The van der Waals surface area contributed by atoms with Gasteiger partial charge < -0.3 is 24.5 Å². The zero-order chi connectivity index (χ0) is 24.6. The van der Waals surface area contributed by atoms with Crippen molar-refractivity contribution in [3.8, 4) is 22.6 Å². The van der Waals surface area contributed by atoms with Crippen LogP contribution in [-0.2, 0) is 0 Å². The Hall–Kier alpha value is -3.78. The summed E-state index contributed by atoms with van der Waals surface area (Å²) in [6.07, 6.45) is 2.44. The number of carbonyl (C=O) groups excluding carboxylic acids is 1. The molecular weight excluding hydrogens is 461 g/mol. The molecule has 9 heteroatoms. The number of methoxy groups -OCH3 is 1. The largest absolute Gasteiger partial charge is 0.496 e. The molecule has 0 saturated carbocycles. The normalized spacial score (nSPS) is 11.9. The molecule has 0 bridgehead atoms. The number of furan rings is 1. The quantitative estimate of drug-likeness (QED) is 0.377. The van der Waals surface area contributed by atoms with E-state index in [9.17, 15) is 9.18 Å². The summed E-state index contributed by atoms with van der Waals surface area (Å²) in [4.78, 5) is 17.9. The number of hydrogen-bond donors (Lipinski definition) is 1. The molecule has 1 amide bonds. The molecule has 0 saturated heterocycles. The van der Waals surface area contributed by atoms with E-state index in [1.54, 1.807) is 45.6 Å². The third kappa shape index (κ3) is 4.12. The second-order valence-electron chi connectivity index (χ2n) is 7.88. The lowest BCUT2D eigenvalue weighted by molar-refractivity contribution is 0.0827. The average Bonchev–Trinajstić information content (AvgIpc) is 3.26. The number of amides is 1. The SMILES string of the molecule is COc1ccc(F)c(Cl)c1[C@@H](C)Oc1c(N)ncc2c(-c3ccc(C(=O)N(C)C)cc3)coc12. The number of nitrogen functional groups attached to an aromatic ring is 1. The predicted molar refractivity (Wildman–Crippen MR) is 129 cm³/mol. The fourth-order valence-corrected chi connectivity index (χ4v) is 4.02. The maximum absolute atomic E-state index is 14.1. The molecule has 2 aromatic heterocycles. The first-order chi connectivity index (χ1) is 16.2. The van der Waals surface area contributed by atoms with Crippen molar-refractivity contribution in [1.82, 2.24) is 9.88 Å². The number of pyridine rings is 1. The molecule has 0 fully saturated rings. The van der Waals surface area contributed by atoms with Crippen molar-refractivity contribution in [2.24, 2.45) is 0 Å². The van der Waals surface area contributed by atoms with Crippen LogP contribution in [0, 0.1) is 5.82 Å². The Morgan fingerprint density at radius 2 is 1.91 bits per heavy atom. The topological polar surface area (TPSA) is 90.8 Å². The molecule has 176 valence electrons. The molecule has 0 unspecified atom stereocenters. The number of aromatic nitrogens is 1. The van der Waals surface area contributed by atoms with Gasteiger partial charge in [0.05, 0.1) is 29.3 Å². The zero-order valence-corrected chi connectivity index (χ0v) is 19.8. The molecule has 0 spiro atoms. The fourth-order valence-electron chi connectivity index (χ4n) is 3.71. The van der Waals surface area contributed by atoms with E-state index in [0.717, 1.165) is 11.1 Å². The van der Waals surface area contributed by atoms with Crippen LogP contribution < -0.4 is 15.2 Å². The van der Waals surface area contributed by atoms with Gasteiger partial charge in [-0.15, -0.1) is 0 Å². The number of carbonyl (C=O) groups is 1. The van der Waals surface area contributed by atoms with Gasteiger partial charge in [0, 0.05) is 31.4 Å². The van der Waals surface area contributed by atoms with Crippen LogP contribution in [0.15, 0.2) is 53.3 Å². The van der Waals surface area contributed by atoms with Crippen molar-refractivity contribution in [1.29, 1.82) is 0 Å². The average molecular weight is 484 g/mol. The Labute approximate surface area is 200 Å². The molecule has 2 N–H and O–H groups in total. The molecule has 7 nitrogen and oxygen atoms in total. The van der Waals surface area contributed by atoms with Gasteiger partial charge in [-0.1, -0.05) is 23.7 Å². The Morgan fingerprint density at radius 3 is 2.56 bits per heavy atom. The van der Waals surface area contributed by atoms with Gasteiger partial charge in [-0.2, -0.15) is 0 Å². The van der Waals surface area contributed by atoms with Crippen LogP contribution in [0.5, 0.6) is 11.5 Å². The van der Waals surface area contributed by atoms with E-state index in [4.69, 9.17) is 31.2 Å². The summed E-state index contributed by atoms with van der Waals surface area (Å²) >= 11 is 6.20. The Balaban J connectivity index is 1.72. The number of halogens is 2. The molecule has 0 radical (unpaired) electrons. The molecule has 4 rings (SSSR count). The lowest BCUT2D eigenvalue weighted by atomic mass is 10.0. The van der Waals surface area contributed by atoms with Crippen molar-refractivity contribution in [3.63, 3.8) is 0 Å². The van der Waals surface area contributed by atoms with Gasteiger partial charge in [0.2, 0.25) is 5.75 Å². The van der Waals surface area contributed by atoms with Crippen molar-refractivity contribution < 1.29 is 23.1 Å². The van der Waals surface area contributed by atoms with E-state index in [2.05, 4.69) is 4.98 Å². The van der Waals surface area contributed by atoms with E-state index in [-0.39, 0.29) is 22.5 Å². The van der Waals surface area contributed by atoms with Gasteiger partial charge in [0.1, 0.15) is 17.7 Å². The molecule has 2 heterocycles. The Kier molecular flexibility index (Phi) is 6.34. The molecular formula is C25H23ClFN3O4. The van der Waals surface area contributed by atoms with Crippen molar-refractivity contribution in [2.45, 2.75) is 13.0 Å². The third-order valence-corrected chi connectivity index (χ3v) is 5.85. The first-order valence-electron chi connectivity index (χ1n) is 10.4. The summed E-state index contributed by atoms with van der Waals surface area (Å²) in [6.45, 7) is 1.70. The van der Waals surface area contributed by atoms with E-state index < -0.39 is 11.9 Å². The summed E-state index contributed by atoms with van der Waals surface area (Å²) in [7, 11) is 4.86. The molecule has 1 atom stereocenters. The number of nitrogens with zero attached hydrogens (tertiary/aromatic N) is 2. The van der Waals surface area contributed by atoms with Gasteiger partial charge in [0.25, 0.3) is 5.91 Å². The summed E-state index contributed by atoms with van der Waals surface area (Å²) in [5.41, 5.74) is 8.98. The van der Waals surface area contributed by atoms with Gasteiger partial charge in [-0.25, -0.2) is 9.37 Å². The summed E-state index contributed by atoms with van der Waals surface area (Å²) in [5.74, 6) is 0.0182. The monoisotopic (exact) mass is 483 g/mol. The lowest BCUT2D eigenvalue weighted by Crippen LogP contribution is -2.21. The summed E-state index contributed by atoms with van der Waals surface area (Å²) in [6, 6.07) is 9.87. The second kappa shape index (κ2) is 9.23. The van der Waals surface area contributed by atoms with Crippen LogP contribution in [0.1, 0.15) is 28.9 Å². The van der Waals surface area contributed by atoms with Gasteiger partial charge >= 0.3 is 0 Å². The first-order valence-corrected chi connectivity index (χ1v) is 10.8. The lowest BCUT2D eigenvalue weighted by Gasteiger charge is -2.20. The molecule has 0 aliphatic heterocycles. The maximum atomic E-state index is 14.1. The van der Waals surface area contributed by atoms with Crippen molar-refractivity contribution >= 4 is 34.3 Å². The number of benzene rings is 2. The minimum Gasteiger partial charge on any atom is -0.496 e. The molecule has 0 aliphatic carbocycles. The van der Waals surface area contributed by atoms with Gasteiger partial charge in [0.15, 0.2) is 11.4 Å². The van der Waals surface area contributed by atoms with Crippen LogP contribution >= 0.6 is 11.6 Å². The highest BCUT2D eigenvalue weighted by atomic mass is 35.5. The number of hydrogen-bond acceptors (Lipinski definition) is 6. The standard InChI is InChI=1S/C25H23ClFN3O4/c1-13(20-19(32-4)10-9-18(27)21(20)26)34-23-22-16(11-29-24(23)28)17(12-33-22)14-5-7-15(8-6-14)25(31)30(2)3/h5-13H,1-4H3,(H2,28,29)/t13-/m1/s1. The predicted octanol–water partition coefficient (Wildman–Crippen LogP) is 5.72. The van der Waals surface area contributed by atoms with Crippen molar-refractivity contribution in [3.05, 3.63) is 70.8 Å². The van der Waals surface area contributed by atoms with Gasteiger partial charge in [-0.3, -0.25) is 4.79 Å². The molecule has 34 heavy (non-hydrogen) atoms. The summed E-state index contributed by atoms with van der Waals surface area (Å²) < 4.78 is 31.4. The van der Waals surface area contributed by atoms with Crippen molar-refractivity contribution in [2.75, 3.05) is 26.9 Å². The minimum atomic E-state index is -0.724. The number of rotatable bonds is 6. The van der Waals surface area contributed by atoms with Crippen LogP contribution in [0.2, 0.25) is 5.02 Å². The highest BCUT2D eigenvalue weighted by Crippen LogP contribution is 2.42. The van der Waals surface area contributed by atoms with Crippen LogP contribution in [0.25, 0.3) is 22.1 Å². The Morgan fingerprint density at radius 1 is 1.21 bits per heavy atom. The highest BCUT2D eigenvalue weighted by molar-refractivity contribution is 6.31. The van der Waals surface area contributed by atoms with E-state index >= 15 is 0 Å². The number of nitrogens with two attached hydrogens (primary N) is 1. The smallest absolute Gasteiger partial charge is 0.253 e. The van der Waals surface area contributed by atoms with Crippen LogP contribution in [0.3, 0.4) is 0 Å². The minimum absolute atomic E-state index is 0.0887. The first kappa shape index (κ1) is 23.4. The number of anilines is 1. The maximum Gasteiger partial charge on any atom is 0.253 e. The van der Waals surface area contributed by atoms with E-state index in [0.29, 0.717) is 27.8 Å². The van der Waals surface area contributed by atoms with Crippen LogP contribution in [0.4, 0.5) is 10.2 Å². The second-order valence-corrected chi connectivity index (χ2v) is 8.26. The number of ether oxygens (including phenoxy) is 2. The molecule has 0 aliphatic rings. The zero-order valence-electron chi connectivity index (χ0n) is 19.1.